The summed E-state index contributed by atoms with van der Waals surface area (Å²) in [5.41, 5.74) is 3.46. The summed E-state index contributed by atoms with van der Waals surface area (Å²) in [6.45, 7) is 22.9. The second kappa shape index (κ2) is 22.1. The van der Waals surface area contributed by atoms with E-state index in [1.807, 2.05) is 79.8 Å². The van der Waals surface area contributed by atoms with Gasteiger partial charge in [-0.25, -0.2) is 0 Å². The third kappa shape index (κ3) is 14.6. The molecule has 3 aliphatic heterocycles. The smallest absolute Gasteiger partial charge is 0.465 e. The Morgan fingerprint density at radius 1 is 0.790 bits per heavy atom. The number of carbonyl (C=O) groups is 3. The topological polar surface area (TPSA) is 155 Å². The van der Waals surface area contributed by atoms with Crippen molar-refractivity contribution in [3.63, 3.8) is 0 Å². The lowest BCUT2D eigenvalue weighted by molar-refractivity contribution is -0.191. The zero-order valence-corrected chi connectivity index (χ0v) is 41.0. The quantitative estimate of drug-likeness (QED) is 0.131. The van der Waals surface area contributed by atoms with Crippen LogP contribution < -0.4 is 5.46 Å². The van der Waals surface area contributed by atoms with E-state index in [0.29, 0.717) is 17.4 Å². The zero-order chi connectivity index (χ0) is 45.9. The maximum atomic E-state index is 12.7. The van der Waals surface area contributed by atoms with Gasteiger partial charge in [-0.1, -0.05) is 27.7 Å². The molecule has 0 saturated carbocycles. The van der Waals surface area contributed by atoms with Gasteiger partial charge in [-0.3, -0.25) is 23.7 Å². The molecule has 2 amide bonds. The molecule has 7 rings (SSSR count). The highest BCUT2D eigenvalue weighted by atomic mass is 79.9. The molecule has 4 aromatic rings. The molecule has 0 radical (unpaired) electrons. The van der Waals surface area contributed by atoms with E-state index in [9.17, 15) is 14.4 Å². The standard InChI is InChI=1S/C17H23N3OS.C13H21BN2O4.C13H18BrNOS.CO2/c1-17(2)5-4-7-20(8-6-17)16(21)13-9-15(22-12-13)14-10-18-19(3)11-14;1-6-18-11(17)9-16-8-10(7-15-16)14-19-12(2,3)13(4,5)20-14;1-13(2)4-3-6-15(7-5-13)12(16)10-8-11(14)17-9-10;2-1-3/h9-12H,4-8H2,1-3H3;7-8H,6,9H2,1-5H3;8-9H,3-7H2,1-2H3;. The Bertz CT molecular complexity index is 2120. The molecule has 7 heterocycles. The Kier molecular flexibility index (Phi) is 18.1. The minimum Gasteiger partial charge on any atom is -0.465 e. The predicted octanol–water partition coefficient (Wildman–Crippen LogP) is 8.13. The molecule has 14 nitrogen and oxygen atoms in total. The molecule has 3 fully saturated rings. The van der Waals surface area contributed by atoms with Gasteiger partial charge in [-0.2, -0.15) is 19.8 Å². The van der Waals surface area contributed by atoms with Crippen LogP contribution >= 0.6 is 38.6 Å². The van der Waals surface area contributed by atoms with Crippen LogP contribution in [0.5, 0.6) is 0 Å². The van der Waals surface area contributed by atoms with Crippen molar-refractivity contribution in [2.45, 2.75) is 119 Å². The zero-order valence-electron chi connectivity index (χ0n) is 37.8. The first-order valence-corrected chi connectivity index (χ1v) is 23.6. The van der Waals surface area contributed by atoms with Gasteiger partial charge in [0.2, 0.25) is 0 Å². The molecular weight excluding hydrogens is 895 g/mol. The number of carbonyl (C=O) groups excluding carboxylic acids is 5. The van der Waals surface area contributed by atoms with Gasteiger partial charge in [0.15, 0.2) is 0 Å². The third-order valence-corrected chi connectivity index (χ3v) is 14.2. The summed E-state index contributed by atoms with van der Waals surface area (Å²) in [6.07, 6.45) is 14.3. The van der Waals surface area contributed by atoms with Gasteiger partial charge in [0.05, 0.1) is 38.9 Å². The van der Waals surface area contributed by atoms with Crippen LogP contribution in [0.4, 0.5) is 0 Å². The number of aromatic nitrogens is 4. The molecule has 0 N–H and O–H groups in total. The van der Waals surface area contributed by atoms with Crippen molar-refractivity contribution in [2.75, 3.05) is 32.8 Å². The number of likely N-dealkylation sites (tertiary alicyclic amines) is 2. The molecule has 0 aliphatic carbocycles. The van der Waals surface area contributed by atoms with Crippen molar-refractivity contribution in [2.24, 2.45) is 17.9 Å². The molecule has 3 saturated heterocycles. The first-order chi connectivity index (χ1) is 29.1. The molecule has 0 bridgehead atoms. The van der Waals surface area contributed by atoms with Gasteiger partial charge < -0.3 is 23.8 Å². The molecular formula is C44H62BBrN6O8S2. The van der Waals surface area contributed by atoms with Crippen molar-refractivity contribution >= 4 is 75.1 Å². The third-order valence-electron chi connectivity index (χ3n) is 11.7. The van der Waals surface area contributed by atoms with Crippen LogP contribution in [0.1, 0.15) is 122 Å². The SMILES string of the molecule is CC1(C)CCCN(C(=O)c2csc(Br)c2)CC1.CCOC(=O)Cn1cc(B2OC(C)(C)C(C)(C)O2)cn1.Cn1cc(-c2cc(C(=O)N3CCCC(C)(C)CC3)cs2)cn1.O=C=O. The van der Waals surface area contributed by atoms with E-state index in [2.05, 4.69) is 53.8 Å². The molecule has 0 unspecified atom stereocenters. The van der Waals surface area contributed by atoms with Gasteiger partial charge in [0, 0.05) is 78.5 Å². The van der Waals surface area contributed by atoms with Crippen LogP contribution in [-0.4, -0.2) is 104 Å². The van der Waals surface area contributed by atoms with E-state index in [-0.39, 0.29) is 41.7 Å². The lowest BCUT2D eigenvalue weighted by Gasteiger charge is -2.32. The highest BCUT2D eigenvalue weighted by molar-refractivity contribution is 9.11. The van der Waals surface area contributed by atoms with Gasteiger partial charge in [-0.15, -0.1) is 22.7 Å². The summed E-state index contributed by atoms with van der Waals surface area (Å²) in [7, 11) is 1.44. The maximum absolute atomic E-state index is 12.7. The highest BCUT2D eigenvalue weighted by Crippen LogP contribution is 2.37. The summed E-state index contributed by atoms with van der Waals surface area (Å²) in [5.74, 6) is 0.0461. The number of ether oxygens (including phenoxy) is 1. The van der Waals surface area contributed by atoms with Crippen molar-refractivity contribution in [1.29, 1.82) is 0 Å². The summed E-state index contributed by atoms with van der Waals surface area (Å²) in [5, 5.41) is 12.2. The molecule has 0 aromatic carbocycles. The number of rotatable bonds is 7. The molecule has 18 heteroatoms. The number of halogens is 1. The van der Waals surface area contributed by atoms with Crippen molar-refractivity contribution in [1.82, 2.24) is 29.4 Å². The number of hydrogen-bond acceptors (Lipinski definition) is 12. The number of aryl methyl sites for hydroxylation is 1. The lowest BCUT2D eigenvalue weighted by Crippen LogP contribution is -2.41. The van der Waals surface area contributed by atoms with Crippen molar-refractivity contribution in [3.8, 4) is 10.4 Å². The fourth-order valence-corrected chi connectivity index (χ4v) is 9.08. The Hall–Kier alpha value is -3.93. The Morgan fingerprint density at radius 2 is 1.32 bits per heavy atom. The minimum absolute atomic E-state index is 0.0906. The van der Waals surface area contributed by atoms with E-state index < -0.39 is 7.12 Å². The molecule has 0 atom stereocenters. The number of hydrogen-bond donors (Lipinski definition) is 0. The monoisotopic (exact) mass is 956 g/mol. The van der Waals surface area contributed by atoms with Gasteiger partial charge in [0.25, 0.3) is 11.8 Å². The lowest BCUT2D eigenvalue weighted by atomic mass is 9.82. The van der Waals surface area contributed by atoms with Gasteiger partial charge in [-0.05, 0) is 112 Å². The van der Waals surface area contributed by atoms with Crippen molar-refractivity contribution < 1.29 is 38.0 Å². The summed E-state index contributed by atoms with van der Waals surface area (Å²) < 4.78 is 21.1. The van der Waals surface area contributed by atoms with Gasteiger partial charge in [0.1, 0.15) is 6.54 Å². The fraction of sp³-hybridized carbons (Fsp3) is 0.591. The first-order valence-electron chi connectivity index (χ1n) is 21.0. The largest absolute Gasteiger partial charge is 0.498 e. The average Bonchev–Trinajstić information content (AvgIpc) is 4.02. The van der Waals surface area contributed by atoms with E-state index in [4.69, 9.17) is 23.6 Å². The van der Waals surface area contributed by atoms with Crippen LogP contribution in [-0.2, 0) is 42.0 Å². The van der Waals surface area contributed by atoms with Crippen LogP contribution in [0.25, 0.3) is 10.4 Å². The molecule has 62 heavy (non-hydrogen) atoms. The van der Waals surface area contributed by atoms with Crippen LogP contribution in [0.2, 0.25) is 0 Å². The molecule has 338 valence electrons. The van der Waals surface area contributed by atoms with Crippen LogP contribution in [0.15, 0.2) is 51.5 Å². The normalized spacial score (nSPS) is 18.6. The molecule has 3 aliphatic rings. The second-order valence-electron chi connectivity index (χ2n) is 18.3. The van der Waals surface area contributed by atoms with Gasteiger partial charge >= 0.3 is 19.2 Å². The Morgan fingerprint density at radius 3 is 1.81 bits per heavy atom. The fourth-order valence-electron chi connectivity index (χ4n) is 7.09. The highest BCUT2D eigenvalue weighted by Gasteiger charge is 2.52. The Labute approximate surface area is 382 Å². The van der Waals surface area contributed by atoms with E-state index >= 15 is 0 Å². The number of thiophene rings is 2. The average molecular weight is 958 g/mol. The minimum atomic E-state index is -0.462. The van der Waals surface area contributed by atoms with Crippen molar-refractivity contribution in [3.05, 3.63) is 62.6 Å². The van der Waals surface area contributed by atoms with Crippen LogP contribution in [0, 0.1) is 10.8 Å². The van der Waals surface area contributed by atoms with E-state index in [0.717, 1.165) is 82.7 Å². The van der Waals surface area contributed by atoms with E-state index in [1.165, 1.54) is 17.5 Å². The maximum Gasteiger partial charge on any atom is 0.498 e. The first kappa shape index (κ1) is 50.7. The number of nitrogens with zero attached hydrogens (tertiary/aromatic N) is 6. The summed E-state index contributed by atoms with van der Waals surface area (Å²) in [4.78, 5) is 57.8. The number of esters is 1. The molecule has 4 aromatic heterocycles. The Balaban J connectivity index is 0.000000199. The predicted molar refractivity (Wildman–Crippen MR) is 245 cm³/mol. The second-order valence-corrected chi connectivity index (χ2v) is 21.5. The summed E-state index contributed by atoms with van der Waals surface area (Å²) in [6, 6.07) is 3.92. The number of amides is 2. The van der Waals surface area contributed by atoms with Crippen LogP contribution in [0.3, 0.4) is 0 Å². The summed E-state index contributed by atoms with van der Waals surface area (Å²) >= 11 is 6.59. The molecule has 0 spiro atoms. The van der Waals surface area contributed by atoms with E-state index in [1.54, 1.807) is 46.7 Å².